The highest BCUT2D eigenvalue weighted by Gasteiger charge is 2.32. The fourth-order valence-corrected chi connectivity index (χ4v) is 8.31. The second-order valence-corrected chi connectivity index (χ2v) is 14.8. The molecule has 0 radical (unpaired) electrons. The third-order valence-electron chi connectivity index (χ3n) is 9.23. The van der Waals surface area contributed by atoms with Crippen molar-refractivity contribution in [1.82, 2.24) is 4.31 Å². The zero-order valence-electron chi connectivity index (χ0n) is 29.1. The van der Waals surface area contributed by atoms with E-state index in [-0.39, 0.29) is 40.7 Å². The number of carbonyl (C=O) groups is 4. The summed E-state index contributed by atoms with van der Waals surface area (Å²) in [5, 5.41) is 5.77. The van der Waals surface area contributed by atoms with E-state index in [1.54, 1.807) is 101 Å². The first kappa shape index (κ1) is 40.3. The lowest BCUT2D eigenvalue weighted by atomic mass is 9.86. The van der Waals surface area contributed by atoms with E-state index in [0.29, 0.717) is 41.3 Å². The molecule has 0 heterocycles. The number of rotatable bonds is 14. The molecule has 0 spiro atoms. The van der Waals surface area contributed by atoms with E-state index in [1.807, 2.05) is 47.6 Å². The molecule has 53 heavy (non-hydrogen) atoms. The number of carbonyl (C=O) groups excluding carboxylic acids is 4. The van der Waals surface area contributed by atoms with Gasteiger partial charge in [-0.2, -0.15) is 0 Å². The number of amides is 2. The van der Waals surface area contributed by atoms with Gasteiger partial charge >= 0.3 is 11.9 Å². The van der Waals surface area contributed by atoms with Crippen molar-refractivity contribution in [2.24, 2.45) is 5.92 Å². The predicted molar refractivity (Wildman–Crippen MR) is 220 cm³/mol. The van der Waals surface area contributed by atoms with Crippen LogP contribution in [0.4, 0.5) is 11.4 Å². The number of methoxy groups -OCH3 is 1. The van der Waals surface area contributed by atoms with E-state index in [0.717, 1.165) is 36.8 Å². The van der Waals surface area contributed by atoms with Crippen molar-refractivity contribution >= 4 is 92.1 Å². The molecule has 2 N–H and O–H groups in total. The van der Waals surface area contributed by atoms with Gasteiger partial charge in [-0.15, -0.1) is 0 Å². The molecule has 0 bridgehead atoms. The maximum Gasteiger partial charge on any atom is 0.347 e. The van der Waals surface area contributed by atoms with Gasteiger partial charge in [0.2, 0.25) is 0 Å². The minimum Gasteiger partial charge on any atom is -0.497 e. The van der Waals surface area contributed by atoms with Crippen LogP contribution in [0.5, 0.6) is 5.75 Å². The molecular weight excluding hydrogens is 924 g/mol. The highest BCUT2D eigenvalue weighted by atomic mass is 127. The third-order valence-corrected chi connectivity index (χ3v) is 11.7. The number of aryl methyl sites for hydroxylation is 2. The van der Waals surface area contributed by atoms with Crippen molar-refractivity contribution in [3.8, 4) is 5.75 Å². The Labute approximate surface area is 339 Å². The Morgan fingerprint density at radius 3 is 2.04 bits per heavy atom. The van der Waals surface area contributed by atoms with Gasteiger partial charge in [-0.1, -0.05) is 37.3 Å². The van der Waals surface area contributed by atoms with Gasteiger partial charge < -0.3 is 21.5 Å². The Hall–Kier alpha value is -3.87. The van der Waals surface area contributed by atoms with E-state index in [2.05, 4.69) is 10.6 Å². The first-order chi connectivity index (χ1) is 25.6. The van der Waals surface area contributed by atoms with Crippen molar-refractivity contribution in [3.63, 3.8) is 0 Å². The lowest BCUT2D eigenvalue weighted by Gasteiger charge is -2.34. The number of nitrogens with one attached hydrogen (secondary N) is 2. The smallest absolute Gasteiger partial charge is 0.347 e. The SMILES string of the molecule is CCN(C1CCC(C(=O)OI)CC1)S(=O)c1cccc(C(=O)Nc2ccc(OC)cc2C(=O)Nc2ccc(CCc3ccc(C(=O)OI)cc3)cc2)c1. The predicted octanol–water partition coefficient (Wildman–Crippen LogP) is 8.29. The average Bonchev–Trinajstić information content (AvgIpc) is 3.20. The quantitative estimate of drug-likeness (QED) is 0.120. The monoisotopic (exact) mass is 963 g/mol. The Morgan fingerprint density at radius 2 is 1.43 bits per heavy atom. The highest BCUT2D eigenvalue weighted by molar-refractivity contribution is 14.1. The molecule has 0 aromatic heterocycles. The lowest BCUT2D eigenvalue weighted by Crippen LogP contribution is -2.40. The second kappa shape index (κ2) is 19.5. The van der Waals surface area contributed by atoms with Crippen molar-refractivity contribution in [1.29, 1.82) is 0 Å². The standard InChI is InChI=1S/C39H39I2N3O8S/c1-3-44(31-19-15-28(16-20-31)39(48)52-41)53(49)33-6-4-5-29(23-33)36(45)43-35-22-21-32(50-2)24-34(35)37(46)42-30-17-11-26(12-18-30)8-7-25-9-13-27(14-10-25)38(47)51-40/h4-6,9-14,17-18,21-24,28,31H,3,7-8,15-16,19-20H2,1-2H3,(H,42,46)(H,43,45). The van der Waals surface area contributed by atoms with Crippen molar-refractivity contribution in [2.45, 2.75) is 56.4 Å². The summed E-state index contributed by atoms with van der Waals surface area (Å²) in [7, 11) is -0.0343. The first-order valence-corrected chi connectivity index (χ1v) is 19.9. The minimum atomic E-state index is -1.53. The van der Waals surface area contributed by atoms with E-state index < -0.39 is 22.8 Å². The number of hydrogen-bond acceptors (Lipinski definition) is 8. The van der Waals surface area contributed by atoms with Gasteiger partial charge in [0.25, 0.3) is 11.8 Å². The van der Waals surface area contributed by atoms with E-state index in [9.17, 15) is 23.4 Å². The van der Waals surface area contributed by atoms with Gasteiger partial charge in [-0.05, 0) is 110 Å². The molecule has 14 heteroatoms. The molecule has 1 aliphatic rings. The minimum absolute atomic E-state index is 0.0338. The van der Waals surface area contributed by atoms with E-state index >= 15 is 0 Å². The lowest BCUT2D eigenvalue weighted by molar-refractivity contribution is -0.137. The van der Waals surface area contributed by atoms with Crippen LogP contribution in [0.25, 0.3) is 0 Å². The third kappa shape index (κ3) is 10.6. The zero-order chi connectivity index (χ0) is 37.9. The van der Waals surface area contributed by atoms with Crippen LogP contribution in [0.1, 0.15) is 74.8 Å². The summed E-state index contributed by atoms with van der Waals surface area (Å²) >= 11 is 3.19. The second-order valence-electron chi connectivity index (χ2n) is 12.5. The molecule has 1 aliphatic carbocycles. The van der Waals surface area contributed by atoms with Crippen LogP contribution in [0.2, 0.25) is 0 Å². The van der Waals surface area contributed by atoms with Gasteiger partial charge in [-0.25, -0.2) is 13.3 Å². The first-order valence-electron chi connectivity index (χ1n) is 17.1. The molecule has 1 saturated carbocycles. The fraction of sp³-hybridized carbons (Fsp3) is 0.282. The molecule has 1 fully saturated rings. The van der Waals surface area contributed by atoms with Gasteiger partial charge in [0.1, 0.15) is 16.7 Å². The van der Waals surface area contributed by atoms with Gasteiger partial charge in [-0.3, -0.25) is 14.4 Å². The largest absolute Gasteiger partial charge is 0.497 e. The summed E-state index contributed by atoms with van der Waals surface area (Å²) in [4.78, 5) is 51.3. The van der Waals surface area contributed by atoms with E-state index in [4.69, 9.17) is 10.9 Å². The van der Waals surface area contributed by atoms with Crippen LogP contribution in [0, 0.1) is 5.92 Å². The number of anilines is 2. The Balaban J connectivity index is 1.23. The van der Waals surface area contributed by atoms with Crippen molar-refractivity contribution in [2.75, 3.05) is 24.3 Å². The molecule has 1 unspecified atom stereocenters. The number of benzene rings is 4. The van der Waals surface area contributed by atoms with Gasteiger partial charge in [0.05, 0.1) is 34.7 Å². The molecule has 0 saturated heterocycles. The topological polar surface area (TPSA) is 140 Å². The van der Waals surface area contributed by atoms with Crippen LogP contribution >= 0.6 is 46.0 Å². The van der Waals surface area contributed by atoms with Gasteiger partial charge in [0, 0.05) is 23.8 Å². The summed E-state index contributed by atoms with van der Waals surface area (Å²) in [6, 6.07) is 26.3. The summed E-state index contributed by atoms with van der Waals surface area (Å²) in [6.45, 7) is 2.48. The summed E-state index contributed by atoms with van der Waals surface area (Å²) in [5.41, 5.74) is 4.01. The zero-order valence-corrected chi connectivity index (χ0v) is 34.3. The average molecular weight is 964 g/mol. The van der Waals surface area contributed by atoms with Crippen LogP contribution in [-0.4, -0.2) is 52.0 Å². The maximum absolute atomic E-state index is 13.8. The number of halogens is 2. The molecule has 4 aromatic rings. The van der Waals surface area contributed by atoms with Crippen molar-refractivity contribution in [3.05, 3.63) is 119 Å². The number of nitrogens with zero attached hydrogens (tertiary/aromatic N) is 1. The van der Waals surface area contributed by atoms with E-state index in [1.165, 1.54) is 7.11 Å². The van der Waals surface area contributed by atoms with Crippen LogP contribution in [0.3, 0.4) is 0 Å². The van der Waals surface area contributed by atoms with Crippen LogP contribution in [-0.2, 0) is 34.8 Å². The summed E-state index contributed by atoms with van der Waals surface area (Å²) in [6.07, 6.45) is 4.31. The molecule has 11 nitrogen and oxygen atoms in total. The fourth-order valence-electron chi connectivity index (χ4n) is 6.29. The van der Waals surface area contributed by atoms with Gasteiger partial charge in [0.15, 0.2) is 46.0 Å². The normalized spacial score (nSPS) is 15.9. The molecule has 4 aromatic carbocycles. The summed E-state index contributed by atoms with van der Waals surface area (Å²) < 4.78 is 30.7. The molecule has 2 amide bonds. The number of ether oxygens (including phenoxy) is 1. The van der Waals surface area contributed by atoms with Crippen molar-refractivity contribution < 1.29 is 34.3 Å². The Bertz CT molecular complexity index is 1950. The molecule has 5 rings (SSSR count). The number of hydrogen-bond donors (Lipinski definition) is 2. The highest BCUT2D eigenvalue weighted by Crippen LogP contribution is 2.31. The molecular formula is C39H39I2N3O8S. The summed E-state index contributed by atoms with van der Waals surface area (Å²) in [5.74, 6) is -1.20. The molecule has 278 valence electrons. The maximum atomic E-state index is 13.8. The van der Waals surface area contributed by atoms with Crippen LogP contribution in [0.15, 0.2) is 95.9 Å². The Morgan fingerprint density at radius 1 is 0.774 bits per heavy atom. The molecule has 0 aliphatic heterocycles. The Kier molecular flexibility index (Phi) is 14.8. The molecule has 1 atom stereocenters. The van der Waals surface area contributed by atoms with Crippen LogP contribution < -0.4 is 15.4 Å².